The Morgan fingerprint density at radius 1 is 0.362 bits per heavy atom. The predicted octanol–water partition coefficient (Wildman–Crippen LogP) is 10.8. The second-order valence-corrected chi connectivity index (χ2v) is 12.1. The molecule has 0 amide bonds. The van der Waals surface area contributed by atoms with Crippen molar-refractivity contribution in [2.24, 2.45) is 0 Å². The van der Waals surface area contributed by atoms with Crippen molar-refractivity contribution in [2.45, 2.75) is 0 Å². The Kier molecular flexibility index (Phi) is 5.32. The van der Waals surface area contributed by atoms with E-state index in [9.17, 15) is 5.26 Å². The number of fused-ring (bicyclic) bond motifs is 10. The highest BCUT2D eigenvalue weighted by Crippen LogP contribution is 2.43. The van der Waals surface area contributed by atoms with Gasteiger partial charge in [0.1, 0.15) is 0 Å². The third kappa shape index (κ3) is 3.51. The zero-order chi connectivity index (χ0) is 31.1. The molecule has 10 rings (SSSR count). The lowest BCUT2D eigenvalue weighted by molar-refractivity contribution is 1.16. The molecule has 0 N–H and O–H groups in total. The van der Waals surface area contributed by atoms with E-state index >= 15 is 0 Å². The van der Waals surface area contributed by atoms with E-state index in [0.29, 0.717) is 5.56 Å². The fourth-order valence-corrected chi connectivity index (χ4v) is 7.77. The Bertz CT molecular complexity index is 2900. The summed E-state index contributed by atoms with van der Waals surface area (Å²) < 4.78 is 7.07. The molecule has 7 aromatic carbocycles. The number of hydrogen-bond acceptors (Lipinski definition) is 1. The lowest BCUT2D eigenvalue weighted by Gasteiger charge is -2.12. The summed E-state index contributed by atoms with van der Waals surface area (Å²) in [5, 5.41) is 17.3. The van der Waals surface area contributed by atoms with Crippen LogP contribution in [0.5, 0.6) is 0 Å². The Balaban J connectivity index is 1.40. The quantitative estimate of drug-likeness (QED) is 0.199. The first-order valence-corrected chi connectivity index (χ1v) is 15.9. The number of nitriles is 1. The van der Waals surface area contributed by atoms with E-state index in [0.717, 1.165) is 60.8 Å². The van der Waals surface area contributed by atoms with E-state index in [1.54, 1.807) is 0 Å². The molecular weight excluding hydrogens is 573 g/mol. The van der Waals surface area contributed by atoms with Gasteiger partial charge in [0, 0.05) is 49.4 Å². The molecule has 3 heterocycles. The van der Waals surface area contributed by atoms with E-state index in [2.05, 4.69) is 159 Å². The molecule has 0 saturated carbocycles. The molecular formula is C43H26N4. The molecule has 0 atom stereocenters. The topological polar surface area (TPSA) is 38.6 Å². The molecule has 0 bridgehead atoms. The lowest BCUT2D eigenvalue weighted by Crippen LogP contribution is -1.97. The molecule has 0 aliphatic carbocycles. The van der Waals surface area contributed by atoms with Crippen LogP contribution in [-0.4, -0.2) is 13.7 Å². The third-order valence-corrected chi connectivity index (χ3v) is 9.65. The second-order valence-electron chi connectivity index (χ2n) is 12.1. The Morgan fingerprint density at radius 2 is 0.894 bits per heavy atom. The fraction of sp³-hybridized carbons (Fsp3) is 0. The van der Waals surface area contributed by atoms with Gasteiger partial charge in [-0.05, 0) is 66.7 Å². The Hall–Kier alpha value is -6.57. The summed E-state index contributed by atoms with van der Waals surface area (Å²) in [6.45, 7) is 0. The van der Waals surface area contributed by atoms with Gasteiger partial charge < -0.3 is 13.7 Å². The molecule has 4 nitrogen and oxygen atoms in total. The van der Waals surface area contributed by atoms with Crippen LogP contribution in [0, 0.1) is 11.3 Å². The van der Waals surface area contributed by atoms with Crippen molar-refractivity contribution in [3.63, 3.8) is 0 Å². The minimum Gasteiger partial charge on any atom is -0.309 e. The molecule has 3 aromatic heterocycles. The van der Waals surface area contributed by atoms with Crippen LogP contribution in [0.2, 0.25) is 0 Å². The smallest absolute Gasteiger partial charge is 0.0999 e. The molecule has 0 aliphatic heterocycles. The van der Waals surface area contributed by atoms with Crippen molar-refractivity contribution >= 4 is 65.4 Å². The molecule has 0 fully saturated rings. The molecule has 0 saturated heterocycles. The van der Waals surface area contributed by atoms with Gasteiger partial charge in [-0.1, -0.05) is 91.0 Å². The molecule has 47 heavy (non-hydrogen) atoms. The van der Waals surface area contributed by atoms with Crippen molar-refractivity contribution < 1.29 is 0 Å². The van der Waals surface area contributed by atoms with Crippen molar-refractivity contribution in [3.8, 4) is 23.1 Å². The highest BCUT2D eigenvalue weighted by Gasteiger charge is 2.23. The zero-order valence-electron chi connectivity index (χ0n) is 25.3. The standard InChI is InChI=1S/C43H26N4/c44-27-28-12-11-21-38-41(28)42-39(46(38)30-15-5-2-6-16-30)25-24-35-33-18-8-10-20-37(33)47(43(35)42)31-22-23-34-32-17-7-9-19-36(32)45(40(34)26-31)29-13-3-1-4-14-29/h1-26H. The summed E-state index contributed by atoms with van der Waals surface area (Å²) in [6, 6.07) is 58.2. The molecule has 4 heteroatoms. The first-order valence-electron chi connectivity index (χ1n) is 15.9. The summed E-state index contributed by atoms with van der Waals surface area (Å²) >= 11 is 0. The number of benzene rings is 7. The van der Waals surface area contributed by atoms with Crippen LogP contribution in [0.4, 0.5) is 0 Å². The van der Waals surface area contributed by atoms with E-state index < -0.39 is 0 Å². The van der Waals surface area contributed by atoms with Gasteiger partial charge in [-0.2, -0.15) is 5.26 Å². The van der Waals surface area contributed by atoms with E-state index in [-0.39, 0.29) is 0 Å². The van der Waals surface area contributed by atoms with Crippen LogP contribution >= 0.6 is 0 Å². The van der Waals surface area contributed by atoms with Crippen LogP contribution in [0.15, 0.2) is 158 Å². The SMILES string of the molecule is N#Cc1cccc2c1c1c(ccc3c4ccccc4n(-c4ccc5c6ccccc6n(-c6ccccc6)c5c4)c31)n2-c1ccccc1. The van der Waals surface area contributed by atoms with Gasteiger partial charge >= 0.3 is 0 Å². The minimum atomic E-state index is 0.672. The highest BCUT2D eigenvalue weighted by molar-refractivity contribution is 6.27. The third-order valence-electron chi connectivity index (χ3n) is 9.65. The lowest BCUT2D eigenvalue weighted by atomic mass is 10.0. The van der Waals surface area contributed by atoms with E-state index in [1.165, 1.54) is 21.7 Å². The first kappa shape index (κ1) is 25.7. The fourth-order valence-electron chi connectivity index (χ4n) is 7.77. The predicted molar refractivity (Wildman–Crippen MR) is 194 cm³/mol. The number of aromatic nitrogens is 3. The molecule has 10 aromatic rings. The van der Waals surface area contributed by atoms with Gasteiger partial charge in [-0.25, -0.2) is 0 Å². The van der Waals surface area contributed by atoms with Crippen molar-refractivity contribution in [3.05, 3.63) is 163 Å². The monoisotopic (exact) mass is 598 g/mol. The van der Waals surface area contributed by atoms with E-state index in [4.69, 9.17) is 0 Å². The Morgan fingerprint density at radius 3 is 1.60 bits per heavy atom. The maximum Gasteiger partial charge on any atom is 0.0999 e. The van der Waals surface area contributed by atoms with Crippen molar-refractivity contribution in [1.82, 2.24) is 13.7 Å². The van der Waals surface area contributed by atoms with Gasteiger partial charge in [0.25, 0.3) is 0 Å². The molecule has 0 aliphatic rings. The second kappa shape index (κ2) is 9.71. The summed E-state index contributed by atoms with van der Waals surface area (Å²) in [6.07, 6.45) is 0. The first-order chi connectivity index (χ1) is 23.3. The van der Waals surface area contributed by atoms with Crippen LogP contribution in [0.1, 0.15) is 5.56 Å². The van der Waals surface area contributed by atoms with Gasteiger partial charge in [0.05, 0.1) is 44.7 Å². The van der Waals surface area contributed by atoms with Gasteiger partial charge in [0.2, 0.25) is 0 Å². The van der Waals surface area contributed by atoms with Crippen LogP contribution in [0.3, 0.4) is 0 Å². The van der Waals surface area contributed by atoms with Crippen LogP contribution < -0.4 is 0 Å². The maximum atomic E-state index is 10.4. The van der Waals surface area contributed by atoms with E-state index in [1.807, 2.05) is 18.2 Å². The van der Waals surface area contributed by atoms with Crippen molar-refractivity contribution in [1.29, 1.82) is 5.26 Å². The minimum absolute atomic E-state index is 0.672. The van der Waals surface area contributed by atoms with Crippen LogP contribution in [-0.2, 0) is 0 Å². The Labute approximate surface area is 270 Å². The molecule has 0 radical (unpaired) electrons. The number of rotatable bonds is 3. The summed E-state index contributed by atoms with van der Waals surface area (Å²) in [5.74, 6) is 0. The maximum absolute atomic E-state index is 10.4. The number of nitrogens with zero attached hydrogens (tertiary/aromatic N) is 4. The largest absolute Gasteiger partial charge is 0.309 e. The highest BCUT2D eigenvalue weighted by atomic mass is 15.0. The summed E-state index contributed by atoms with van der Waals surface area (Å²) in [4.78, 5) is 0. The van der Waals surface area contributed by atoms with Gasteiger partial charge in [-0.15, -0.1) is 0 Å². The molecule has 0 unspecified atom stereocenters. The normalized spacial score (nSPS) is 11.8. The summed E-state index contributed by atoms with van der Waals surface area (Å²) in [7, 11) is 0. The number of para-hydroxylation sites is 4. The van der Waals surface area contributed by atoms with Gasteiger partial charge in [-0.3, -0.25) is 0 Å². The average molecular weight is 599 g/mol. The summed E-state index contributed by atoms with van der Waals surface area (Å²) in [5.41, 5.74) is 10.6. The number of hydrogen-bond donors (Lipinski definition) is 0. The van der Waals surface area contributed by atoms with Crippen LogP contribution in [0.25, 0.3) is 82.5 Å². The van der Waals surface area contributed by atoms with Crippen molar-refractivity contribution in [2.75, 3.05) is 0 Å². The average Bonchev–Trinajstić information content (AvgIpc) is 3.77. The molecule has 0 spiro atoms. The van der Waals surface area contributed by atoms with Gasteiger partial charge in [0.15, 0.2) is 0 Å². The molecule has 218 valence electrons. The zero-order valence-corrected chi connectivity index (χ0v) is 25.3.